The zero-order valence-corrected chi connectivity index (χ0v) is 10.3. The van der Waals surface area contributed by atoms with Crippen LogP contribution in [0.15, 0.2) is 29.4 Å². The number of carbonyl (C=O) groups is 1. The summed E-state index contributed by atoms with van der Waals surface area (Å²) in [6.45, 7) is 0. The number of hydrogen-bond acceptors (Lipinski definition) is 6. The van der Waals surface area contributed by atoms with Crippen molar-refractivity contribution in [1.29, 1.82) is 0 Å². The summed E-state index contributed by atoms with van der Waals surface area (Å²) in [5.74, 6) is -0.920. The van der Waals surface area contributed by atoms with Gasteiger partial charge in [-0.15, -0.1) is 5.10 Å². The number of rotatable bonds is 5. The van der Waals surface area contributed by atoms with Gasteiger partial charge in [-0.05, 0) is 6.07 Å². The highest BCUT2D eigenvalue weighted by Gasteiger charge is 2.17. The standard InChI is InChI=1S/C10H8N4O4S/c15-8(16)5-19-10-11-9(12-13-10)6-3-1-2-4-7(6)14(17)18/h1-4H,5H2,(H,15,16)(H,11,12,13). The van der Waals surface area contributed by atoms with E-state index in [2.05, 4.69) is 15.2 Å². The number of aromatic amines is 1. The molecule has 0 aliphatic rings. The molecule has 2 aromatic rings. The van der Waals surface area contributed by atoms with Crippen molar-refractivity contribution in [1.82, 2.24) is 15.2 Å². The van der Waals surface area contributed by atoms with Gasteiger partial charge in [0.15, 0.2) is 5.82 Å². The monoisotopic (exact) mass is 280 g/mol. The lowest BCUT2D eigenvalue weighted by molar-refractivity contribution is -0.384. The highest BCUT2D eigenvalue weighted by atomic mass is 32.2. The van der Waals surface area contributed by atoms with E-state index in [9.17, 15) is 14.9 Å². The Kier molecular flexibility index (Phi) is 3.76. The fraction of sp³-hybridized carbons (Fsp3) is 0.100. The lowest BCUT2D eigenvalue weighted by atomic mass is 10.2. The molecule has 0 fully saturated rings. The van der Waals surface area contributed by atoms with Crippen LogP contribution in [-0.4, -0.2) is 36.9 Å². The fourth-order valence-electron chi connectivity index (χ4n) is 1.39. The van der Waals surface area contributed by atoms with Gasteiger partial charge in [-0.1, -0.05) is 23.9 Å². The third-order valence-electron chi connectivity index (χ3n) is 2.15. The van der Waals surface area contributed by atoms with Crippen LogP contribution >= 0.6 is 11.8 Å². The Bertz CT molecular complexity index is 627. The van der Waals surface area contributed by atoms with Gasteiger partial charge in [0, 0.05) is 6.07 Å². The molecular weight excluding hydrogens is 272 g/mol. The molecule has 0 aliphatic carbocycles. The number of H-pyrrole nitrogens is 1. The molecule has 1 aromatic carbocycles. The quantitative estimate of drug-likeness (QED) is 0.484. The molecule has 98 valence electrons. The Morgan fingerprint density at radius 3 is 2.89 bits per heavy atom. The highest BCUT2D eigenvalue weighted by molar-refractivity contribution is 7.99. The second-order valence-corrected chi connectivity index (χ2v) is 4.37. The smallest absolute Gasteiger partial charge is 0.313 e. The summed E-state index contributed by atoms with van der Waals surface area (Å²) >= 11 is 0.935. The Labute approximate surface area is 111 Å². The first-order chi connectivity index (χ1) is 9.08. The Morgan fingerprint density at radius 2 is 2.21 bits per heavy atom. The largest absolute Gasteiger partial charge is 0.481 e. The average Bonchev–Trinajstić information content (AvgIpc) is 2.85. The lowest BCUT2D eigenvalue weighted by Crippen LogP contribution is -1.97. The van der Waals surface area contributed by atoms with Crippen LogP contribution in [-0.2, 0) is 4.79 Å². The zero-order chi connectivity index (χ0) is 13.8. The van der Waals surface area contributed by atoms with E-state index >= 15 is 0 Å². The zero-order valence-electron chi connectivity index (χ0n) is 9.44. The van der Waals surface area contributed by atoms with Crippen LogP contribution in [0.4, 0.5) is 5.69 Å². The van der Waals surface area contributed by atoms with Crippen molar-refractivity contribution < 1.29 is 14.8 Å². The van der Waals surface area contributed by atoms with Crippen LogP contribution in [0.1, 0.15) is 0 Å². The van der Waals surface area contributed by atoms with Gasteiger partial charge in [-0.3, -0.25) is 20.0 Å². The minimum Gasteiger partial charge on any atom is -0.481 e. The van der Waals surface area contributed by atoms with Crippen LogP contribution in [0.5, 0.6) is 0 Å². The highest BCUT2D eigenvalue weighted by Crippen LogP contribution is 2.27. The molecule has 0 amide bonds. The Hall–Kier alpha value is -2.42. The number of carboxylic acids is 1. The molecule has 0 atom stereocenters. The second kappa shape index (κ2) is 5.48. The van der Waals surface area contributed by atoms with Gasteiger partial charge in [0.25, 0.3) is 5.69 Å². The Morgan fingerprint density at radius 1 is 1.47 bits per heavy atom. The number of nitrogens with one attached hydrogen (secondary N) is 1. The van der Waals surface area contributed by atoms with Crippen LogP contribution in [0.2, 0.25) is 0 Å². The molecule has 2 N–H and O–H groups in total. The number of hydrogen-bond donors (Lipinski definition) is 2. The normalized spacial score (nSPS) is 10.3. The van der Waals surface area contributed by atoms with Crippen molar-refractivity contribution >= 4 is 23.4 Å². The second-order valence-electron chi connectivity index (χ2n) is 3.42. The maximum atomic E-state index is 10.9. The van der Waals surface area contributed by atoms with E-state index in [-0.39, 0.29) is 22.4 Å². The summed E-state index contributed by atoms with van der Waals surface area (Å²) in [5.41, 5.74) is 0.218. The third-order valence-corrected chi connectivity index (χ3v) is 2.98. The number of thioether (sulfide) groups is 1. The molecule has 0 unspecified atom stereocenters. The van der Waals surface area contributed by atoms with E-state index < -0.39 is 10.9 Å². The first-order valence-corrected chi connectivity index (χ1v) is 6.07. The van der Waals surface area contributed by atoms with E-state index in [1.165, 1.54) is 6.07 Å². The predicted molar refractivity (Wildman–Crippen MR) is 66.8 cm³/mol. The number of benzene rings is 1. The molecule has 8 nitrogen and oxygen atoms in total. The molecule has 0 spiro atoms. The van der Waals surface area contributed by atoms with Gasteiger partial charge in [0.2, 0.25) is 5.16 Å². The molecule has 2 rings (SSSR count). The molecular formula is C10H8N4O4S. The third kappa shape index (κ3) is 3.07. The number of carboxylic acid groups (broad SMARTS) is 1. The van der Waals surface area contributed by atoms with Gasteiger partial charge in [-0.25, -0.2) is 4.98 Å². The number of para-hydroxylation sites is 1. The maximum Gasteiger partial charge on any atom is 0.313 e. The molecule has 0 saturated heterocycles. The fourth-order valence-corrected chi connectivity index (χ4v) is 1.91. The summed E-state index contributed by atoms with van der Waals surface area (Å²) in [4.78, 5) is 24.8. The van der Waals surface area contributed by atoms with Crippen molar-refractivity contribution in [2.75, 3.05) is 5.75 Å². The van der Waals surface area contributed by atoms with Crippen LogP contribution < -0.4 is 0 Å². The molecule has 1 aromatic heterocycles. The van der Waals surface area contributed by atoms with Crippen LogP contribution in [0.25, 0.3) is 11.4 Å². The summed E-state index contributed by atoms with van der Waals surface area (Å²) in [5, 5.41) is 26.0. The van der Waals surface area contributed by atoms with Gasteiger partial charge < -0.3 is 5.11 Å². The van der Waals surface area contributed by atoms with E-state index in [4.69, 9.17) is 5.11 Å². The van der Waals surface area contributed by atoms with Gasteiger partial charge >= 0.3 is 5.97 Å². The van der Waals surface area contributed by atoms with Crippen molar-refractivity contribution in [3.8, 4) is 11.4 Å². The van der Waals surface area contributed by atoms with Gasteiger partial charge in [-0.2, -0.15) is 0 Å². The minimum absolute atomic E-state index is 0.0894. The molecule has 0 radical (unpaired) electrons. The van der Waals surface area contributed by atoms with Crippen molar-refractivity contribution in [3.63, 3.8) is 0 Å². The summed E-state index contributed by atoms with van der Waals surface area (Å²) < 4.78 is 0. The number of nitro benzene ring substituents is 1. The van der Waals surface area contributed by atoms with E-state index in [0.717, 1.165) is 11.8 Å². The minimum atomic E-state index is -0.984. The molecule has 1 heterocycles. The molecule has 0 aliphatic heterocycles. The molecule has 0 saturated carbocycles. The molecule has 9 heteroatoms. The number of nitro groups is 1. The van der Waals surface area contributed by atoms with Gasteiger partial charge in [0.05, 0.1) is 16.2 Å². The summed E-state index contributed by atoms with van der Waals surface area (Å²) in [6, 6.07) is 6.11. The molecule has 19 heavy (non-hydrogen) atoms. The van der Waals surface area contributed by atoms with E-state index in [1.54, 1.807) is 18.2 Å². The number of aliphatic carboxylic acids is 1. The molecule has 0 bridgehead atoms. The topological polar surface area (TPSA) is 122 Å². The lowest BCUT2D eigenvalue weighted by Gasteiger charge is -1.97. The number of nitrogens with zero attached hydrogens (tertiary/aromatic N) is 3. The first kappa shape index (κ1) is 13.0. The predicted octanol–water partition coefficient (Wildman–Crippen LogP) is 1.56. The SMILES string of the molecule is O=C(O)CSc1n[nH]c(-c2ccccc2[N+](=O)[O-])n1. The van der Waals surface area contributed by atoms with E-state index in [1.807, 2.05) is 0 Å². The van der Waals surface area contributed by atoms with Crippen LogP contribution in [0, 0.1) is 10.1 Å². The first-order valence-electron chi connectivity index (χ1n) is 5.08. The van der Waals surface area contributed by atoms with Crippen molar-refractivity contribution in [3.05, 3.63) is 34.4 Å². The van der Waals surface area contributed by atoms with Crippen LogP contribution in [0.3, 0.4) is 0 Å². The van der Waals surface area contributed by atoms with Crippen molar-refractivity contribution in [2.45, 2.75) is 5.16 Å². The average molecular weight is 280 g/mol. The van der Waals surface area contributed by atoms with Crippen molar-refractivity contribution in [2.24, 2.45) is 0 Å². The Balaban J connectivity index is 2.28. The number of aromatic nitrogens is 3. The summed E-state index contributed by atoms with van der Waals surface area (Å²) in [6.07, 6.45) is 0. The van der Waals surface area contributed by atoms with Gasteiger partial charge in [0.1, 0.15) is 0 Å². The van der Waals surface area contributed by atoms with E-state index in [0.29, 0.717) is 5.56 Å². The maximum absolute atomic E-state index is 10.9. The summed E-state index contributed by atoms with van der Waals surface area (Å²) in [7, 11) is 0.